The van der Waals surface area contributed by atoms with E-state index in [1.165, 1.54) is 4.52 Å². The summed E-state index contributed by atoms with van der Waals surface area (Å²) in [5.74, 6) is 0.0396. The number of H-pyrrole nitrogens is 1. The van der Waals surface area contributed by atoms with E-state index in [4.69, 9.17) is 20.3 Å². The van der Waals surface area contributed by atoms with E-state index in [0.29, 0.717) is 11.9 Å². The van der Waals surface area contributed by atoms with E-state index in [-0.39, 0.29) is 24.0 Å². The predicted molar refractivity (Wildman–Crippen MR) is 82.0 cm³/mol. The number of fused-ring (bicyclic) bond motifs is 1. The maximum Gasteiger partial charge on any atom is 0.276 e. The number of rotatable bonds is 5. The molecule has 0 saturated carbocycles. The molecule has 9 heteroatoms. The van der Waals surface area contributed by atoms with Crippen molar-refractivity contribution in [1.82, 2.24) is 14.6 Å². The quantitative estimate of drug-likeness (QED) is 0.605. The Hall–Kier alpha value is -1.47. The van der Waals surface area contributed by atoms with E-state index in [2.05, 4.69) is 10.1 Å². The van der Waals surface area contributed by atoms with Gasteiger partial charge in [-0.1, -0.05) is 13.8 Å². The maximum atomic E-state index is 11.6. The molecular formula is C12H21N4O4P. The lowest BCUT2D eigenvalue weighted by atomic mass is 10.2. The number of aromatic nitrogens is 3. The van der Waals surface area contributed by atoms with Crippen molar-refractivity contribution in [2.24, 2.45) is 0 Å². The number of hydrogen-bond acceptors (Lipinski definition) is 6. The molecular weight excluding hydrogens is 295 g/mol. The molecule has 0 saturated heterocycles. The van der Waals surface area contributed by atoms with Gasteiger partial charge in [0.15, 0.2) is 8.38 Å². The number of nitrogens with zero attached hydrogens (tertiary/aromatic N) is 2. The SMILES string of the molecule is CC.CC(Cc1ccc2c(=O)[nH]c(N)nn12)OCP(O)O. The second kappa shape index (κ2) is 8.09. The molecule has 0 spiro atoms. The van der Waals surface area contributed by atoms with Crippen molar-refractivity contribution in [3.8, 4) is 0 Å². The van der Waals surface area contributed by atoms with E-state index in [0.717, 1.165) is 5.69 Å². The third kappa shape index (κ3) is 4.78. The fourth-order valence-corrected chi connectivity index (χ4v) is 2.16. The summed E-state index contributed by atoms with van der Waals surface area (Å²) in [5, 5.41) is 4.03. The molecule has 21 heavy (non-hydrogen) atoms. The summed E-state index contributed by atoms with van der Waals surface area (Å²) in [6.07, 6.45) is 0.146. The second-order valence-electron chi connectivity index (χ2n) is 4.14. The van der Waals surface area contributed by atoms with Crippen LogP contribution in [0.15, 0.2) is 16.9 Å². The number of ether oxygens (including phenoxy) is 1. The maximum absolute atomic E-state index is 11.6. The Labute approximate surface area is 123 Å². The molecule has 5 N–H and O–H groups in total. The lowest BCUT2D eigenvalue weighted by Gasteiger charge is -2.13. The summed E-state index contributed by atoms with van der Waals surface area (Å²) < 4.78 is 6.72. The molecule has 2 rings (SSSR count). The Morgan fingerprint density at radius 2 is 2.14 bits per heavy atom. The molecule has 1 unspecified atom stereocenters. The largest absolute Gasteiger partial charge is 0.369 e. The Kier molecular flexibility index (Phi) is 6.77. The molecule has 0 amide bonds. The standard InChI is InChI=1S/C10H15N4O4P.C2H6/c1-6(18-5-19(16)17)4-7-2-3-8-9(15)12-10(11)13-14(7)8;1-2/h2-3,6,16-17H,4-5H2,1H3,(H3,11,12,13,15);1-2H3. The van der Waals surface area contributed by atoms with Crippen molar-refractivity contribution in [1.29, 1.82) is 0 Å². The van der Waals surface area contributed by atoms with Gasteiger partial charge in [0, 0.05) is 12.1 Å². The van der Waals surface area contributed by atoms with Crippen LogP contribution in [0, 0.1) is 0 Å². The number of nitrogen functional groups attached to an aromatic ring is 1. The Balaban J connectivity index is 0.00000106. The van der Waals surface area contributed by atoms with Crippen molar-refractivity contribution >= 4 is 19.8 Å². The monoisotopic (exact) mass is 316 g/mol. The molecule has 8 nitrogen and oxygen atoms in total. The zero-order chi connectivity index (χ0) is 16.0. The normalized spacial score (nSPS) is 12.3. The molecule has 0 aromatic carbocycles. The van der Waals surface area contributed by atoms with Gasteiger partial charge in [-0.15, -0.1) is 5.10 Å². The van der Waals surface area contributed by atoms with Crippen LogP contribution < -0.4 is 11.3 Å². The van der Waals surface area contributed by atoms with Gasteiger partial charge in [0.25, 0.3) is 5.56 Å². The minimum atomic E-state index is -2.06. The first-order valence-electron chi connectivity index (χ1n) is 6.60. The first kappa shape index (κ1) is 17.6. The minimum Gasteiger partial charge on any atom is -0.369 e. The second-order valence-corrected chi connectivity index (χ2v) is 5.15. The molecule has 2 aromatic rings. The Morgan fingerprint density at radius 1 is 1.48 bits per heavy atom. The number of aromatic amines is 1. The van der Waals surface area contributed by atoms with E-state index < -0.39 is 8.38 Å². The van der Waals surface area contributed by atoms with Gasteiger partial charge < -0.3 is 20.3 Å². The summed E-state index contributed by atoms with van der Waals surface area (Å²) in [4.78, 5) is 31.6. The van der Waals surface area contributed by atoms with E-state index in [9.17, 15) is 4.79 Å². The third-order valence-electron chi connectivity index (χ3n) is 2.59. The van der Waals surface area contributed by atoms with Gasteiger partial charge in [0.05, 0.1) is 6.10 Å². The molecule has 1 atom stereocenters. The van der Waals surface area contributed by atoms with Gasteiger partial charge in [-0.25, -0.2) is 4.52 Å². The van der Waals surface area contributed by atoms with Gasteiger partial charge in [0.2, 0.25) is 5.95 Å². The van der Waals surface area contributed by atoms with Crippen LogP contribution in [0.2, 0.25) is 0 Å². The molecule has 0 aliphatic rings. The highest BCUT2D eigenvalue weighted by molar-refractivity contribution is 7.44. The summed E-state index contributed by atoms with van der Waals surface area (Å²) in [7, 11) is -2.06. The number of nitrogens with two attached hydrogens (primary N) is 1. The smallest absolute Gasteiger partial charge is 0.276 e. The van der Waals surface area contributed by atoms with Gasteiger partial charge in [-0.2, -0.15) is 0 Å². The van der Waals surface area contributed by atoms with Crippen molar-refractivity contribution < 1.29 is 14.5 Å². The van der Waals surface area contributed by atoms with Gasteiger partial charge in [-0.3, -0.25) is 9.78 Å². The number of nitrogens with one attached hydrogen (secondary N) is 1. The Bertz CT molecular complexity index is 625. The van der Waals surface area contributed by atoms with Crippen LogP contribution in [0.1, 0.15) is 26.5 Å². The van der Waals surface area contributed by atoms with Crippen LogP contribution in [-0.2, 0) is 11.2 Å². The molecule has 0 fully saturated rings. The fraction of sp³-hybridized carbons (Fsp3) is 0.500. The molecule has 118 valence electrons. The van der Waals surface area contributed by atoms with Gasteiger partial charge >= 0.3 is 0 Å². The zero-order valence-corrected chi connectivity index (χ0v) is 13.2. The molecule has 0 aliphatic heterocycles. The number of hydrogen-bond donors (Lipinski definition) is 4. The van der Waals surface area contributed by atoms with Crippen LogP contribution >= 0.6 is 8.38 Å². The fourth-order valence-electron chi connectivity index (χ4n) is 1.78. The average Bonchev–Trinajstić information content (AvgIpc) is 2.82. The first-order chi connectivity index (χ1) is 9.97. The highest BCUT2D eigenvalue weighted by atomic mass is 31.2. The average molecular weight is 316 g/mol. The molecule has 2 aromatic heterocycles. The third-order valence-corrected chi connectivity index (χ3v) is 2.97. The Morgan fingerprint density at radius 3 is 2.76 bits per heavy atom. The lowest BCUT2D eigenvalue weighted by molar-refractivity contribution is 0.0941. The number of anilines is 1. The van der Waals surface area contributed by atoms with Gasteiger partial charge in [0.1, 0.15) is 11.9 Å². The minimum absolute atomic E-state index is 0.0396. The van der Waals surface area contributed by atoms with E-state index >= 15 is 0 Å². The van der Waals surface area contributed by atoms with E-state index in [1.54, 1.807) is 19.1 Å². The van der Waals surface area contributed by atoms with Crippen LogP contribution in [-0.4, -0.2) is 36.8 Å². The molecule has 0 radical (unpaired) electrons. The van der Waals surface area contributed by atoms with Crippen LogP contribution in [0.25, 0.3) is 5.52 Å². The zero-order valence-electron chi connectivity index (χ0n) is 12.3. The summed E-state index contributed by atoms with van der Waals surface area (Å²) in [6, 6.07) is 3.41. The van der Waals surface area contributed by atoms with Crippen molar-refractivity contribution in [3.63, 3.8) is 0 Å². The topological polar surface area (TPSA) is 126 Å². The van der Waals surface area contributed by atoms with Crippen LogP contribution in [0.3, 0.4) is 0 Å². The van der Waals surface area contributed by atoms with Crippen molar-refractivity contribution in [3.05, 3.63) is 28.2 Å². The van der Waals surface area contributed by atoms with Crippen molar-refractivity contribution in [2.75, 3.05) is 12.1 Å². The van der Waals surface area contributed by atoms with Crippen LogP contribution in [0.4, 0.5) is 5.95 Å². The summed E-state index contributed by atoms with van der Waals surface area (Å²) >= 11 is 0. The molecule has 0 aliphatic carbocycles. The highest BCUT2D eigenvalue weighted by Crippen LogP contribution is 2.23. The first-order valence-corrected chi connectivity index (χ1v) is 8.04. The molecule has 2 heterocycles. The van der Waals surface area contributed by atoms with Crippen molar-refractivity contribution in [2.45, 2.75) is 33.3 Å². The van der Waals surface area contributed by atoms with E-state index in [1.807, 2.05) is 13.8 Å². The predicted octanol–water partition coefficient (Wildman–Crippen LogP) is 0.833. The molecule has 0 bridgehead atoms. The van der Waals surface area contributed by atoms with Gasteiger partial charge in [-0.05, 0) is 19.1 Å². The lowest BCUT2D eigenvalue weighted by Crippen LogP contribution is -2.18. The van der Waals surface area contributed by atoms with Crippen LogP contribution in [0.5, 0.6) is 0 Å². The summed E-state index contributed by atoms with van der Waals surface area (Å²) in [6.45, 7) is 5.80. The summed E-state index contributed by atoms with van der Waals surface area (Å²) in [5.41, 5.74) is 6.37. The highest BCUT2D eigenvalue weighted by Gasteiger charge is 2.12.